The number of nitrogens with one attached hydrogen (secondary N) is 1. The molecular formula is C12H12F3NO3S. The fourth-order valence-electron chi connectivity index (χ4n) is 1.40. The van der Waals surface area contributed by atoms with Crippen molar-refractivity contribution in [3.05, 3.63) is 35.9 Å². The SMILES string of the molecule is O=C(CSCC(F)(F)F)NC(C(=O)O)c1ccccc1. The van der Waals surface area contributed by atoms with Crippen LogP contribution >= 0.6 is 11.8 Å². The summed E-state index contributed by atoms with van der Waals surface area (Å²) in [5.74, 6) is -3.62. The molecule has 0 radical (unpaired) electrons. The number of rotatable bonds is 6. The van der Waals surface area contributed by atoms with Gasteiger partial charge in [-0.25, -0.2) is 4.79 Å². The molecule has 0 aromatic heterocycles. The van der Waals surface area contributed by atoms with Crippen molar-refractivity contribution in [3.63, 3.8) is 0 Å². The highest BCUT2D eigenvalue weighted by molar-refractivity contribution is 8.00. The number of amides is 1. The van der Waals surface area contributed by atoms with Crippen LogP contribution in [0, 0.1) is 0 Å². The summed E-state index contributed by atoms with van der Waals surface area (Å²) in [5.41, 5.74) is 0.356. The van der Waals surface area contributed by atoms with Gasteiger partial charge in [-0.3, -0.25) is 4.79 Å². The first-order valence-electron chi connectivity index (χ1n) is 5.51. The van der Waals surface area contributed by atoms with E-state index < -0.39 is 35.6 Å². The molecule has 1 aromatic rings. The number of carboxylic acids is 1. The number of halogens is 3. The van der Waals surface area contributed by atoms with Crippen molar-refractivity contribution in [1.29, 1.82) is 0 Å². The molecule has 1 amide bonds. The molecule has 4 nitrogen and oxygen atoms in total. The zero-order chi connectivity index (χ0) is 15.2. The van der Waals surface area contributed by atoms with Gasteiger partial charge in [0.1, 0.15) is 0 Å². The zero-order valence-electron chi connectivity index (χ0n) is 10.2. The van der Waals surface area contributed by atoms with E-state index in [1.807, 2.05) is 0 Å². The van der Waals surface area contributed by atoms with Crippen molar-refractivity contribution in [3.8, 4) is 0 Å². The van der Waals surface area contributed by atoms with Crippen molar-refractivity contribution in [2.75, 3.05) is 11.5 Å². The summed E-state index contributed by atoms with van der Waals surface area (Å²) in [7, 11) is 0. The van der Waals surface area contributed by atoms with Gasteiger partial charge in [0.05, 0.1) is 11.5 Å². The highest BCUT2D eigenvalue weighted by atomic mass is 32.2. The monoisotopic (exact) mass is 307 g/mol. The summed E-state index contributed by atoms with van der Waals surface area (Å²) >= 11 is 0.387. The normalized spacial score (nSPS) is 12.8. The van der Waals surface area contributed by atoms with Crippen LogP contribution in [0.3, 0.4) is 0 Å². The lowest BCUT2D eigenvalue weighted by Crippen LogP contribution is -2.35. The fraction of sp³-hybridized carbons (Fsp3) is 0.333. The van der Waals surface area contributed by atoms with Crippen molar-refractivity contribution in [1.82, 2.24) is 5.32 Å². The molecule has 0 aliphatic rings. The number of alkyl halides is 3. The minimum absolute atomic E-state index is 0.356. The van der Waals surface area contributed by atoms with Gasteiger partial charge in [0.25, 0.3) is 0 Å². The second kappa shape index (κ2) is 7.18. The van der Waals surface area contributed by atoms with Crippen LogP contribution in [0.15, 0.2) is 30.3 Å². The van der Waals surface area contributed by atoms with Crippen molar-refractivity contribution >= 4 is 23.6 Å². The zero-order valence-corrected chi connectivity index (χ0v) is 11.0. The minimum atomic E-state index is -4.35. The second-order valence-corrected chi connectivity index (χ2v) is 4.84. The molecule has 1 atom stereocenters. The predicted molar refractivity (Wildman–Crippen MR) is 68.3 cm³/mol. The molecular weight excluding hydrogens is 295 g/mol. The summed E-state index contributed by atoms with van der Waals surface area (Å²) in [6.07, 6.45) is -4.35. The first kappa shape index (κ1) is 16.4. The van der Waals surface area contributed by atoms with Gasteiger partial charge in [-0.05, 0) is 5.56 Å². The average Bonchev–Trinajstić information content (AvgIpc) is 2.35. The van der Waals surface area contributed by atoms with E-state index in [1.165, 1.54) is 12.1 Å². The van der Waals surface area contributed by atoms with Gasteiger partial charge in [0.15, 0.2) is 6.04 Å². The molecule has 0 bridgehead atoms. The predicted octanol–water partition coefficient (Wildman–Crippen LogP) is 2.22. The number of carbonyl (C=O) groups is 2. The Kier molecular flexibility index (Phi) is 5.87. The van der Waals surface area contributed by atoms with E-state index in [9.17, 15) is 22.8 Å². The Morgan fingerprint density at radius 1 is 1.25 bits per heavy atom. The number of benzene rings is 1. The standard InChI is InChI=1S/C12H12F3NO3S/c13-12(14,15)7-20-6-9(17)16-10(11(18)19)8-4-2-1-3-5-8/h1-5,10H,6-7H2,(H,16,17)(H,18,19). The van der Waals surface area contributed by atoms with Gasteiger partial charge in [-0.15, -0.1) is 11.8 Å². The number of hydrogen-bond donors (Lipinski definition) is 2. The molecule has 0 saturated carbocycles. The number of hydrogen-bond acceptors (Lipinski definition) is 3. The van der Waals surface area contributed by atoms with Gasteiger partial charge < -0.3 is 10.4 Å². The molecule has 0 aliphatic heterocycles. The molecule has 1 rings (SSSR count). The molecule has 8 heteroatoms. The molecule has 0 heterocycles. The Balaban J connectivity index is 2.55. The van der Waals surface area contributed by atoms with E-state index in [0.717, 1.165) is 0 Å². The van der Waals surface area contributed by atoms with E-state index in [2.05, 4.69) is 5.32 Å². The third-order valence-electron chi connectivity index (χ3n) is 2.18. The first-order chi connectivity index (χ1) is 9.29. The molecule has 0 fully saturated rings. The lowest BCUT2D eigenvalue weighted by molar-refractivity contribution is -0.141. The minimum Gasteiger partial charge on any atom is -0.479 e. The lowest BCUT2D eigenvalue weighted by atomic mass is 10.1. The van der Waals surface area contributed by atoms with Crippen molar-refractivity contribution in [2.45, 2.75) is 12.2 Å². The fourth-order valence-corrected chi connectivity index (χ4v) is 2.00. The van der Waals surface area contributed by atoms with Gasteiger partial charge in [-0.2, -0.15) is 13.2 Å². The largest absolute Gasteiger partial charge is 0.479 e. The third-order valence-corrected chi connectivity index (χ3v) is 3.18. The van der Waals surface area contributed by atoms with Crippen LogP contribution in [-0.4, -0.2) is 34.7 Å². The topological polar surface area (TPSA) is 66.4 Å². The summed E-state index contributed by atoms with van der Waals surface area (Å²) in [6, 6.07) is 6.66. The van der Waals surface area contributed by atoms with E-state index in [-0.39, 0.29) is 0 Å². The highest BCUT2D eigenvalue weighted by Crippen LogP contribution is 2.21. The van der Waals surface area contributed by atoms with E-state index >= 15 is 0 Å². The molecule has 0 aliphatic carbocycles. The Hall–Kier alpha value is -1.70. The van der Waals surface area contributed by atoms with Crippen LogP contribution in [-0.2, 0) is 9.59 Å². The van der Waals surface area contributed by atoms with Crippen LogP contribution in [0.25, 0.3) is 0 Å². The third kappa shape index (κ3) is 5.96. The number of carboxylic acid groups (broad SMARTS) is 1. The van der Waals surface area contributed by atoms with Crippen LogP contribution in [0.1, 0.15) is 11.6 Å². The highest BCUT2D eigenvalue weighted by Gasteiger charge is 2.28. The van der Waals surface area contributed by atoms with Gasteiger partial charge >= 0.3 is 12.1 Å². The maximum atomic E-state index is 11.9. The van der Waals surface area contributed by atoms with Gasteiger partial charge in [0.2, 0.25) is 5.91 Å². The Morgan fingerprint density at radius 3 is 2.35 bits per heavy atom. The molecule has 20 heavy (non-hydrogen) atoms. The van der Waals surface area contributed by atoms with Crippen LogP contribution < -0.4 is 5.32 Å². The molecule has 1 unspecified atom stereocenters. The first-order valence-corrected chi connectivity index (χ1v) is 6.66. The van der Waals surface area contributed by atoms with Gasteiger partial charge in [0, 0.05) is 0 Å². The number of thioether (sulfide) groups is 1. The van der Waals surface area contributed by atoms with Crippen LogP contribution in [0.5, 0.6) is 0 Å². The Bertz CT molecular complexity index is 465. The second-order valence-electron chi connectivity index (χ2n) is 3.86. The quantitative estimate of drug-likeness (QED) is 0.846. The van der Waals surface area contributed by atoms with Crippen molar-refractivity contribution < 1.29 is 27.9 Å². The van der Waals surface area contributed by atoms with Crippen LogP contribution in [0.4, 0.5) is 13.2 Å². The maximum absolute atomic E-state index is 11.9. The van der Waals surface area contributed by atoms with E-state index in [0.29, 0.717) is 17.3 Å². The van der Waals surface area contributed by atoms with Crippen LogP contribution in [0.2, 0.25) is 0 Å². The molecule has 1 aromatic carbocycles. The molecule has 2 N–H and O–H groups in total. The van der Waals surface area contributed by atoms with Gasteiger partial charge in [-0.1, -0.05) is 30.3 Å². The molecule has 0 spiro atoms. The number of aliphatic carboxylic acids is 1. The molecule has 110 valence electrons. The smallest absolute Gasteiger partial charge is 0.397 e. The Morgan fingerprint density at radius 2 is 1.85 bits per heavy atom. The van der Waals surface area contributed by atoms with Crippen molar-refractivity contribution in [2.24, 2.45) is 0 Å². The number of carbonyl (C=O) groups excluding carboxylic acids is 1. The lowest BCUT2D eigenvalue weighted by Gasteiger charge is -2.15. The van der Waals surface area contributed by atoms with E-state index in [4.69, 9.17) is 5.11 Å². The average molecular weight is 307 g/mol. The Labute approximate surface area is 117 Å². The van der Waals surface area contributed by atoms with E-state index in [1.54, 1.807) is 18.2 Å². The summed E-state index contributed by atoms with van der Waals surface area (Å²) in [4.78, 5) is 22.5. The summed E-state index contributed by atoms with van der Waals surface area (Å²) < 4.78 is 35.7. The summed E-state index contributed by atoms with van der Waals surface area (Å²) in [5, 5.41) is 11.2. The summed E-state index contributed by atoms with van der Waals surface area (Å²) in [6.45, 7) is 0. The maximum Gasteiger partial charge on any atom is 0.397 e. The molecule has 0 saturated heterocycles.